The molecule has 1 aromatic carbocycles. The predicted octanol–water partition coefficient (Wildman–Crippen LogP) is 1.23. The molecular formula is C14H19NO4. The van der Waals surface area contributed by atoms with Gasteiger partial charge in [-0.3, -0.25) is 4.79 Å². The molecule has 0 aliphatic carbocycles. The highest BCUT2D eigenvalue weighted by molar-refractivity contribution is 5.84. The molecule has 0 fully saturated rings. The van der Waals surface area contributed by atoms with Gasteiger partial charge in [-0.2, -0.15) is 0 Å². The summed E-state index contributed by atoms with van der Waals surface area (Å²) in [6, 6.07) is 8.25. The van der Waals surface area contributed by atoms with Crippen molar-refractivity contribution < 1.29 is 19.4 Å². The van der Waals surface area contributed by atoms with Crippen molar-refractivity contribution in [1.29, 1.82) is 0 Å². The molecule has 2 N–H and O–H groups in total. The lowest BCUT2D eigenvalue weighted by Gasteiger charge is -2.14. The molecule has 19 heavy (non-hydrogen) atoms. The van der Waals surface area contributed by atoms with E-state index in [1.165, 1.54) is 0 Å². The van der Waals surface area contributed by atoms with E-state index >= 15 is 0 Å². The van der Waals surface area contributed by atoms with Crippen molar-refractivity contribution in [3.05, 3.63) is 35.9 Å². The van der Waals surface area contributed by atoms with Crippen LogP contribution in [0.3, 0.4) is 0 Å². The van der Waals surface area contributed by atoms with Crippen molar-refractivity contribution in [3.8, 4) is 0 Å². The first kappa shape index (κ1) is 15.2. The quantitative estimate of drug-likeness (QED) is 0.693. The second-order valence-electron chi connectivity index (χ2n) is 4.20. The molecule has 1 rings (SSSR count). The molecule has 0 radical (unpaired) electrons. The molecule has 1 unspecified atom stereocenters. The standard InChI is InChI=1S/C14H19NO4/c1-2-8-19-10-13(16)15-12(14(17)18)9-11-6-4-3-5-7-11/h3-7,12H,2,8-10H2,1H3,(H,15,16)(H,17,18). The fraction of sp³-hybridized carbons (Fsp3) is 0.429. The maximum atomic E-state index is 11.5. The molecule has 0 aliphatic heterocycles. The second-order valence-corrected chi connectivity index (χ2v) is 4.20. The molecule has 0 aromatic heterocycles. The van der Waals surface area contributed by atoms with Crippen LogP contribution in [0.2, 0.25) is 0 Å². The van der Waals surface area contributed by atoms with E-state index in [1.54, 1.807) is 0 Å². The lowest BCUT2D eigenvalue weighted by molar-refractivity contribution is -0.142. The summed E-state index contributed by atoms with van der Waals surface area (Å²) < 4.78 is 5.07. The first-order valence-electron chi connectivity index (χ1n) is 6.27. The number of aliphatic carboxylic acids is 1. The summed E-state index contributed by atoms with van der Waals surface area (Å²) in [5.74, 6) is -1.45. The molecule has 1 atom stereocenters. The lowest BCUT2D eigenvalue weighted by atomic mass is 10.1. The molecule has 5 heteroatoms. The van der Waals surface area contributed by atoms with Gasteiger partial charge in [-0.25, -0.2) is 4.79 Å². The number of benzene rings is 1. The summed E-state index contributed by atoms with van der Waals surface area (Å²) in [6.07, 6.45) is 1.08. The Balaban J connectivity index is 2.49. The van der Waals surface area contributed by atoms with Crippen LogP contribution in [0, 0.1) is 0 Å². The highest BCUT2D eigenvalue weighted by Crippen LogP contribution is 2.03. The maximum Gasteiger partial charge on any atom is 0.326 e. The van der Waals surface area contributed by atoms with Crippen LogP contribution in [-0.4, -0.2) is 36.2 Å². The van der Waals surface area contributed by atoms with Gasteiger partial charge in [-0.15, -0.1) is 0 Å². The molecule has 1 amide bonds. The van der Waals surface area contributed by atoms with E-state index in [4.69, 9.17) is 9.84 Å². The van der Waals surface area contributed by atoms with E-state index in [9.17, 15) is 9.59 Å². The van der Waals surface area contributed by atoms with Crippen LogP contribution in [-0.2, 0) is 20.7 Å². The van der Waals surface area contributed by atoms with Crippen molar-refractivity contribution in [3.63, 3.8) is 0 Å². The number of nitrogens with one attached hydrogen (secondary N) is 1. The third-order valence-electron chi connectivity index (χ3n) is 2.50. The summed E-state index contributed by atoms with van der Waals surface area (Å²) in [4.78, 5) is 22.6. The summed E-state index contributed by atoms with van der Waals surface area (Å²) >= 11 is 0. The molecule has 0 aliphatic rings. The van der Waals surface area contributed by atoms with Crippen LogP contribution >= 0.6 is 0 Å². The zero-order valence-corrected chi connectivity index (χ0v) is 11.0. The monoisotopic (exact) mass is 265 g/mol. The smallest absolute Gasteiger partial charge is 0.326 e. The van der Waals surface area contributed by atoms with E-state index < -0.39 is 17.9 Å². The Morgan fingerprint density at radius 3 is 2.58 bits per heavy atom. The predicted molar refractivity (Wildman–Crippen MR) is 70.8 cm³/mol. The zero-order chi connectivity index (χ0) is 14.1. The minimum Gasteiger partial charge on any atom is -0.480 e. The summed E-state index contributed by atoms with van der Waals surface area (Å²) in [5.41, 5.74) is 0.865. The number of carbonyl (C=O) groups is 2. The van der Waals surface area contributed by atoms with E-state index in [0.29, 0.717) is 6.61 Å². The van der Waals surface area contributed by atoms with Gasteiger partial charge < -0.3 is 15.2 Å². The zero-order valence-electron chi connectivity index (χ0n) is 11.0. The third-order valence-corrected chi connectivity index (χ3v) is 2.50. The normalized spacial score (nSPS) is 11.8. The van der Waals surface area contributed by atoms with Crippen LogP contribution in [0.15, 0.2) is 30.3 Å². The fourth-order valence-corrected chi connectivity index (χ4v) is 1.60. The van der Waals surface area contributed by atoms with Crippen LogP contribution in [0.5, 0.6) is 0 Å². The van der Waals surface area contributed by atoms with Gasteiger partial charge in [-0.1, -0.05) is 37.3 Å². The van der Waals surface area contributed by atoms with E-state index in [-0.39, 0.29) is 13.0 Å². The average Bonchev–Trinajstić information content (AvgIpc) is 2.39. The van der Waals surface area contributed by atoms with Gasteiger partial charge in [0.05, 0.1) is 0 Å². The molecule has 104 valence electrons. The SMILES string of the molecule is CCCOCC(=O)NC(Cc1ccccc1)C(=O)O. The first-order chi connectivity index (χ1) is 9.13. The number of hydrogen-bond acceptors (Lipinski definition) is 3. The minimum atomic E-state index is -1.05. The first-order valence-corrected chi connectivity index (χ1v) is 6.27. The minimum absolute atomic E-state index is 0.105. The van der Waals surface area contributed by atoms with Crippen LogP contribution < -0.4 is 5.32 Å². The van der Waals surface area contributed by atoms with Crippen molar-refractivity contribution in [2.24, 2.45) is 0 Å². The number of rotatable bonds is 8. The molecule has 5 nitrogen and oxygen atoms in total. The van der Waals surface area contributed by atoms with Crippen molar-refractivity contribution in [2.75, 3.05) is 13.2 Å². The highest BCUT2D eigenvalue weighted by atomic mass is 16.5. The van der Waals surface area contributed by atoms with Crippen LogP contribution in [0.1, 0.15) is 18.9 Å². The Morgan fingerprint density at radius 1 is 1.32 bits per heavy atom. The number of carbonyl (C=O) groups excluding carboxylic acids is 1. The molecule has 0 spiro atoms. The van der Waals surface area contributed by atoms with E-state index in [2.05, 4.69) is 5.32 Å². The summed E-state index contributed by atoms with van der Waals surface area (Å²) in [6.45, 7) is 2.32. The number of hydrogen-bond donors (Lipinski definition) is 2. The topological polar surface area (TPSA) is 75.6 Å². The van der Waals surface area contributed by atoms with Gasteiger partial charge in [0.25, 0.3) is 0 Å². The molecule has 0 heterocycles. The summed E-state index contributed by atoms with van der Waals surface area (Å²) in [7, 11) is 0. The third kappa shape index (κ3) is 6.01. The molecule has 0 bridgehead atoms. The van der Waals surface area contributed by atoms with Gasteiger partial charge in [0.1, 0.15) is 12.6 Å². The van der Waals surface area contributed by atoms with E-state index in [1.807, 2.05) is 37.3 Å². The highest BCUT2D eigenvalue weighted by Gasteiger charge is 2.20. The van der Waals surface area contributed by atoms with Gasteiger partial charge in [0.2, 0.25) is 5.91 Å². The van der Waals surface area contributed by atoms with Crippen molar-refractivity contribution >= 4 is 11.9 Å². The molecule has 0 saturated carbocycles. The van der Waals surface area contributed by atoms with Crippen LogP contribution in [0.4, 0.5) is 0 Å². The molecular weight excluding hydrogens is 246 g/mol. The summed E-state index contributed by atoms with van der Waals surface area (Å²) in [5, 5.41) is 11.6. The van der Waals surface area contributed by atoms with Crippen molar-refractivity contribution in [2.45, 2.75) is 25.8 Å². The fourth-order valence-electron chi connectivity index (χ4n) is 1.60. The Hall–Kier alpha value is -1.88. The Bertz CT molecular complexity index is 405. The molecule has 0 saturated heterocycles. The second kappa shape index (κ2) is 8.26. The number of carboxylic acids is 1. The number of amides is 1. The van der Waals surface area contributed by atoms with E-state index in [0.717, 1.165) is 12.0 Å². The Morgan fingerprint density at radius 2 is 2.00 bits per heavy atom. The van der Waals surface area contributed by atoms with Crippen LogP contribution in [0.25, 0.3) is 0 Å². The Labute approximate surface area is 112 Å². The lowest BCUT2D eigenvalue weighted by Crippen LogP contribution is -2.43. The molecule has 1 aromatic rings. The number of ether oxygens (including phenoxy) is 1. The largest absolute Gasteiger partial charge is 0.480 e. The van der Waals surface area contributed by atoms with Gasteiger partial charge in [0, 0.05) is 13.0 Å². The Kier molecular flexibility index (Phi) is 6.60. The van der Waals surface area contributed by atoms with Crippen molar-refractivity contribution in [1.82, 2.24) is 5.32 Å². The van der Waals surface area contributed by atoms with Gasteiger partial charge >= 0.3 is 5.97 Å². The van der Waals surface area contributed by atoms with Gasteiger partial charge in [0.15, 0.2) is 0 Å². The maximum absolute atomic E-state index is 11.5. The van der Waals surface area contributed by atoms with Gasteiger partial charge in [-0.05, 0) is 12.0 Å². The number of carboxylic acid groups (broad SMARTS) is 1. The average molecular weight is 265 g/mol.